The summed E-state index contributed by atoms with van der Waals surface area (Å²) in [6.07, 6.45) is 3.78. The monoisotopic (exact) mass is 419 g/mol. The number of rotatable bonds is 9. The van der Waals surface area contributed by atoms with Crippen LogP contribution >= 0.6 is 0 Å². The van der Waals surface area contributed by atoms with Gasteiger partial charge in [0, 0.05) is 23.6 Å². The van der Waals surface area contributed by atoms with Gasteiger partial charge in [-0.15, -0.1) is 0 Å². The topological polar surface area (TPSA) is 72.3 Å². The van der Waals surface area contributed by atoms with Crippen molar-refractivity contribution < 1.29 is 14.5 Å². The number of carbonyl (C=O) groups excluding carboxylic acids is 1. The average Bonchev–Trinajstić information content (AvgIpc) is 3.71. The molecule has 0 bridgehead atoms. The van der Waals surface area contributed by atoms with E-state index in [1.54, 1.807) is 7.05 Å². The Kier molecular flexibility index (Phi) is 6.07. The summed E-state index contributed by atoms with van der Waals surface area (Å²) in [6.45, 7) is 2.32. The Morgan fingerprint density at radius 2 is 1.81 bits per heavy atom. The summed E-state index contributed by atoms with van der Waals surface area (Å²) in [5.41, 5.74) is 4.03. The highest BCUT2D eigenvalue weighted by atomic mass is 16.6. The third-order valence-corrected chi connectivity index (χ3v) is 6.46. The summed E-state index contributed by atoms with van der Waals surface area (Å²) in [5, 5.41) is 11.1. The molecule has 2 fully saturated rings. The molecule has 2 aliphatic carbocycles. The van der Waals surface area contributed by atoms with Crippen molar-refractivity contribution in [2.75, 3.05) is 14.2 Å². The van der Waals surface area contributed by atoms with Crippen LogP contribution in [-0.2, 0) is 26.5 Å². The second kappa shape index (κ2) is 8.92. The summed E-state index contributed by atoms with van der Waals surface area (Å²) >= 11 is 0. The molecule has 0 aromatic heterocycles. The van der Waals surface area contributed by atoms with Crippen LogP contribution in [0.1, 0.15) is 42.9 Å². The molecule has 2 aromatic rings. The van der Waals surface area contributed by atoms with Crippen molar-refractivity contribution in [1.82, 2.24) is 5.32 Å². The lowest BCUT2D eigenvalue weighted by molar-refractivity contribution is -0.114. The number of nitrogens with one attached hydrogen (secondary N) is 1. The molecule has 0 heterocycles. The minimum atomic E-state index is -0.317. The van der Waals surface area contributed by atoms with Gasteiger partial charge < -0.3 is 15.0 Å². The second-order valence-corrected chi connectivity index (χ2v) is 8.29. The van der Waals surface area contributed by atoms with Crippen molar-refractivity contribution in [1.29, 1.82) is 0 Å². The van der Waals surface area contributed by atoms with Crippen LogP contribution in [-0.4, -0.2) is 31.5 Å². The molecule has 1 amide bonds. The first-order chi connectivity index (χ1) is 15.1. The number of likely N-dealkylation sites (N-methyl/N-ethyl adjacent to an activating group) is 1. The van der Waals surface area contributed by atoms with Gasteiger partial charge in [-0.25, -0.2) is 0 Å². The lowest BCUT2D eigenvalue weighted by Gasteiger charge is -2.18. The standard InChI is InChI=1S/C25H29N3O3/c1-17(25(15-22(25)18-13-14-18)20-10-5-4-6-11-20)27-31-16-19-9-7-8-12-21(19)23(28-30-3)24(29)26-2/h4-12,18,22H,13-16H2,1-3H3,(H,26,29)/b27-17?,28-23+. The lowest BCUT2D eigenvalue weighted by Crippen LogP contribution is -2.29. The number of amides is 1. The van der Waals surface area contributed by atoms with E-state index in [9.17, 15) is 4.79 Å². The molecule has 4 rings (SSSR count). The molecule has 2 unspecified atom stereocenters. The number of benzene rings is 2. The molecule has 0 spiro atoms. The largest absolute Gasteiger partial charge is 0.398 e. The Morgan fingerprint density at radius 3 is 2.48 bits per heavy atom. The molecule has 0 aliphatic heterocycles. The van der Waals surface area contributed by atoms with E-state index in [-0.39, 0.29) is 23.6 Å². The molecule has 0 radical (unpaired) electrons. The van der Waals surface area contributed by atoms with Crippen LogP contribution in [0.15, 0.2) is 64.9 Å². The molecule has 162 valence electrons. The van der Waals surface area contributed by atoms with Gasteiger partial charge in [0.25, 0.3) is 5.91 Å². The molecule has 1 N–H and O–H groups in total. The maximum Gasteiger partial charge on any atom is 0.273 e. The molecule has 31 heavy (non-hydrogen) atoms. The van der Waals surface area contributed by atoms with Gasteiger partial charge in [-0.3, -0.25) is 4.79 Å². The van der Waals surface area contributed by atoms with E-state index in [0.29, 0.717) is 11.5 Å². The van der Waals surface area contributed by atoms with Crippen molar-refractivity contribution in [2.45, 2.75) is 38.2 Å². The Labute approximate surface area is 183 Å². The number of hydrogen-bond donors (Lipinski definition) is 1. The van der Waals surface area contributed by atoms with E-state index in [2.05, 4.69) is 52.9 Å². The van der Waals surface area contributed by atoms with E-state index < -0.39 is 0 Å². The molecular weight excluding hydrogens is 390 g/mol. The van der Waals surface area contributed by atoms with Crippen molar-refractivity contribution in [3.8, 4) is 0 Å². The summed E-state index contributed by atoms with van der Waals surface area (Å²) < 4.78 is 0. The molecular formula is C25H29N3O3. The van der Waals surface area contributed by atoms with Gasteiger partial charge in [-0.05, 0) is 43.6 Å². The van der Waals surface area contributed by atoms with Gasteiger partial charge >= 0.3 is 0 Å². The van der Waals surface area contributed by atoms with E-state index in [0.717, 1.165) is 23.6 Å². The highest BCUT2D eigenvalue weighted by Gasteiger charge is 2.62. The quantitative estimate of drug-likeness (QED) is 0.492. The predicted molar refractivity (Wildman–Crippen MR) is 121 cm³/mol. The number of hydrogen-bond acceptors (Lipinski definition) is 5. The van der Waals surface area contributed by atoms with Crippen molar-refractivity contribution in [3.63, 3.8) is 0 Å². The highest BCUT2D eigenvalue weighted by molar-refractivity contribution is 6.45. The molecule has 0 saturated heterocycles. The Hall–Kier alpha value is -3.15. The van der Waals surface area contributed by atoms with Crippen LogP contribution in [0.2, 0.25) is 0 Å². The van der Waals surface area contributed by atoms with Gasteiger partial charge in [0.1, 0.15) is 13.7 Å². The normalized spacial score (nSPS) is 23.3. The lowest BCUT2D eigenvalue weighted by atomic mass is 9.87. The van der Waals surface area contributed by atoms with Crippen molar-refractivity contribution in [3.05, 3.63) is 71.3 Å². The fraction of sp³-hybridized carbons (Fsp3) is 0.400. The first kappa shape index (κ1) is 21.1. The molecule has 2 aromatic carbocycles. The number of oxime groups is 2. The molecule has 2 saturated carbocycles. The minimum Gasteiger partial charge on any atom is -0.398 e. The van der Waals surface area contributed by atoms with Crippen molar-refractivity contribution in [2.24, 2.45) is 22.1 Å². The third kappa shape index (κ3) is 4.20. The van der Waals surface area contributed by atoms with E-state index in [1.165, 1.54) is 25.5 Å². The molecule has 6 nitrogen and oxygen atoms in total. The van der Waals surface area contributed by atoms with Crippen LogP contribution in [0.4, 0.5) is 0 Å². The third-order valence-electron chi connectivity index (χ3n) is 6.46. The fourth-order valence-electron chi connectivity index (χ4n) is 4.63. The van der Waals surface area contributed by atoms with Crippen LogP contribution in [0.25, 0.3) is 0 Å². The fourth-order valence-corrected chi connectivity index (χ4v) is 4.63. The maximum absolute atomic E-state index is 12.2. The van der Waals surface area contributed by atoms with E-state index in [4.69, 9.17) is 9.68 Å². The molecule has 6 heteroatoms. The van der Waals surface area contributed by atoms with Crippen molar-refractivity contribution >= 4 is 17.3 Å². The summed E-state index contributed by atoms with van der Waals surface area (Å²) in [7, 11) is 2.99. The Morgan fingerprint density at radius 1 is 1.10 bits per heavy atom. The molecule has 2 aliphatic rings. The first-order valence-electron chi connectivity index (χ1n) is 10.8. The van der Waals surface area contributed by atoms with Gasteiger partial charge in [0.2, 0.25) is 0 Å². The number of nitrogens with zero attached hydrogens (tertiary/aromatic N) is 2. The second-order valence-electron chi connectivity index (χ2n) is 8.29. The summed E-state index contributed by atoms with van der Waals surface area (Å²) in [6, 6.07) is 18.2. The van der Waals surface area contributed by atoms with Crippen LogP contribution < -0.4 is 5.32 Å². The van der Waals surface area contributed by atoms with Gasteiger partial charge in [0.05, 0.1) is 5.71 Å². The zero-order valence-electron chi connectivity index (χ0n) is 18.3. The van der Waals surface area contributed by atoms with Crippen LogP contribution in [0, 0.1) is 11.8 Å². The van der Waals surface area contributed by atoms with Gasteiger partial charge in [-0.1, -0.05) is 64.9 Å². The smallest absolute Gasteiger partial charge is 0.273 e. The first-order valence-corrected chi connectivity index (χ1v) is 10.8. The summed E-state index contributed by atoms with van der Waals surface area (Å²) in [5.74, 6) is 1.15. The zero-order valence-corrected chi connectivity index (χ0v) is 18.3. The SMILES string of the molecule is CNC(=O)/C(=N/OC)c1ccccc1CON=C(C)C1(c2ccccc2)CC1C1CC1. The predicted octanol–water partition coefficient (Wildman–Crippen LogP) is 4.04. The zero-order chi connectivity index (χ0) is 21.8. The van der Waals surface area contributed by atoms with Gasteiger partial charge in [0.15, 0.2) is 5.71 Å². The maximum atomic E-state index is 12.2. The number of carbonyl (C=O) groups is 1. The Balaban J connectivity index is 1.54. The highest BCUT2D eigenvalue weighted by Crippen LogP contribution is 2.64. The molecule has 2 atom stereocenters. The summed E-state index contributed by atoms with van der Waals surface area (Å²) in [4.78, 5) is 22.9. The minimum absolute atomic E-state index is 0.00723. The average molecular weight is 420 g/mol. The van der Waals surface area contributed by atoms with E-state index in [1.807, 2.05) is 24.3 Å². The van der Waals surface area contributed by atoms with Gasteiger partial charge in [-0.2, -0.15) is 0 Å². The van der Waals surface area contributed by atoms with E-state index >= 15 is 0 Å². The van der Waals surface area contributed by atoms with Crippen LogP contribution in [0.3, 0.4) is 0 Å². The van der Waals surface area contributed by atoms with Crippen LogP contribution in [0.5, 0.6) is 0 Å². The Bertz CT molecular complexity index is 998.